The van der Waals surface area contributed by atoms with Gasteiger partial charge in [-0.05, 0) is 44.0 Å². The highest BCUT2D eigenvalue weighted by Crippen LogP contribution is 2.12. The number of hydrogen-bond acceptors (Lipinski definition) is 3. The summed E-state index contributed by atoms with van der Waals surface area (Å²) in [5, 5.41) is 11.2. The van der Waals surface area contributed by atoms with Crippen LogP contribution in [0.1, 0.15) is 35.5 Å². The van der Waals surface area contributed by atoms with Crippen LogP contribution in [0.25, 0.3) is 5.82 Å². The van der Waals surface area contributed by atoms with E-state index in [-0.39, 0.29) is 30.0 Å². The average Bonchev–Trinajstić information content (AvgIpc) is 3.04. The molecule has 0 aliphatic heterocycles. The number of hydrogen-bond donors (Lipinski definition) is 2. The lowest BCUT2D eigenvalue weighted by Crippen LogP contribution is -2.38. The number of nitrogens with one attached hydrogen (secondary N) is 2. The number of rotatable bonds is 5. The molecule has 28 heavy (non-hydrogen) atoms. The summed E-state index contributed by atoms with van der Waals surface area (Å²) in [5.74, 6) is 1.58. The van der Waals surface area contributed by atoms with Gasteiger partial charge in [0, 0.05) is 25.5 Å². The third-order valence-electron chi connectivity index (χ3n) is 4.37. The quantitative estimate of drug-likeness (QED) is 0.323. The smallest absolute Gasteiger partial charge is 0.191 e. The largest absolute Gasteiger partial charge is 0.352 e. The topological polar surface area (TPSA) is 67.1 Å². The molecular formula is C21H27IN6. The summed E-state index contributed by atoms with van der Waals surface area (Å²) in [7, 11) is 1.78. The van der Waals surface area contributed by atoms with Crippen LogP contribution < -0.4 is 10.6 Å². The first-order valence-electron chi connectivity index (χ1n) is 9.07. The predicted octanol–water partition coefficient (Wildman–Crippen LogP) is 3.93. The van der Waals surface area contributed by atoms with Crippen LogP contribution in [0, 0.1) is 13.8 Å². The summed E-state index contributed by atoms with van der Waals surface area (Å²) >= 11 is 0. The van der Waals surface area contributed by atoms with Crippen LogP contribution in [-0.2, 0) is 6.54 Å². The zero-order valence-corrected chi connectivity index (χ0v) is 19.0. The van der Waals surface area contributed by atoms with Crippen LogP contribution in [-0.4, -0.2) is 27.8 Å². The Labute approximate surface area is 183 Å². The van der Waals surface area contributed by atoms with Gasteiger partial charge in [0.15, 0.2) is 11.8 Å². The van der Waals surface area contributed by atoms with Crippen molar-refractivity contribution in [3.63, 3.8) is 0 Å². The maximum absolute atomic E-state index is 4.54. The van der Waals surface area contributed by atoms with Crippen LogP contribution in [0.15, 0.2) is 59.7 Å². The minimum absolute atomic E-state index is 0. The maximum Gasteiger partial charge on any atom is 0.191 e. The highest BCUT2D eigenvalue weighted by atomic mass is 127. The monoisotopic (exact) mass is 490 g/mol. The summed E-state index contributed by atoms with van der Waals surface area (Å²) in [6.07, 6.45) is 1.87. The van der Waals surface area contributed by atoms with Crippen molar-refractivity contribution in [3.8, 4) is 5.82 Å². The van der Waals surface area contributed by atoms with Crippen LogP contribution >= 0.6 is 24.0 Å². The van der Waals surface area contributed by atoms with Crippen molar-refractivity contribution in [1.29, 1.82) is 0 Å². The Hall–Kier alpha value is -2.42. The number of aryl methyl sites for hydroxylation is 2. The van der Waals surface area contributed by atoms with Gasteiger partial charge in [0.25, 0.3) is 0 Å². The second-order valence-corrected chi connectivity index (χ2v) is 6.57. The van der Waals surface area contributed by atoms with Gasteiger partial charge in [-0.3, -0.25) is 4.99 Å². The van der Waals surface area contributed by atoms with Gasteiger partial charge in [-0.15, -0.1) is 24.0 Å². The Bertz CT molecular complexity index is 902. The molecular weight excluding hydrogens is 463 g/mol. The second kappa shape index (κ2) is 10.2. The molecule has 0 fully saturated rings. The van der Waals surface area contributed by atoms with E-state index in [9.17, 15) is 0 Å². The van der Waals surface area contributed by atoms with Crippen LogP contribution in [0.3, 0.4) is 0 Å². The van der Waals surface area contributed by atoms with Crippen molar-refractivity contribution in [2.45, 2.75) is 33.4 Å². The van der Waals surface area contributed by atoms with Gasteiger partial charge in [0.2, 0.25) is 0 Å². The van der Waals surface area contributed by atoms with Gasteiger partial charge in [0.05, 0.1) is 11.7 Å². The molecule has 0 amide bonds. The summed E-state index contributed by atoms with van der Waals surface area (Å²) < 4.78 is 1.86. The maximum atomic E-state index is 4.54. The van der Waals surface area contributed by atoms with Gasteiger partial charge >= 0.3 is 0 Å². The Kier molecular flexibility index (Phi) is 7.98. The van der Waals surface area contributed by atoms with Crippen molar-refractivity contribution >= 4 is 29.9 Å². The van der Waals surface area contributed by atoms with Crippen LogP contribution in [0.2, 0.25) is 0 Å². The van der Waals surface area contributed by atoms with Crippen molar-refractivity contribution in [1.82, 2.24) is 25.4 Å². The van der Waals surface area contributed by atoms with Crippen molar-refractivity contribution < 1.29 is 0 Å². The lowest BCUT2D eigenvalue weighted by Gasteiger charge is -2.18. The first-order valence-corrected chi connectivity index (χ1v) is 9.07. The fourth-order valence-electron chi connectivity index (χ4n) is 2.92. The fourth-order valence-corrected chi connectivity index (χ4v) is 2.92. The van der Waals surface area contributed by atoms with E-state index in [1.807, 2.05) is 55.1 Å². The molecule has 1 aromatic carbocycles. The fraction of sp³-hybridized carbons (Fsp3) is 0.286. The highest BCUT2D eigenvalue weighted by molar-refractivity contribution is 14.0. The molecule has 2 heterocycles. The normalized spacial score (nSPS) is 12.2. The molecule has 3 aromatic rings. The van der Waals surface area contributed by atoms with E-state index in [4.69, 9.17) is 0 Å². The Morgan fingerprint density at radius 2 is 1.89 bits per heavy atom. The third kappa shape index (κ3) is 5.54. The molecule has 0 radical (unpaired) electrons. The van der Waals surface area contributed by atoms with Crippen molar-refractivity contribution in [3.05, 3.63) is 77.2 Å². The molecule has 0 spiro atoms. The molecule has 0 saturated heterocycles. The van der Waals surface area contributed by atoms with Gasteiger partial charge in [-0.25, -0.2) is 9.67 Å². The van der Waals surface area contributed by atoms with Crippen LogP contribution in [0.4, 0.5) is 0 Å². The lowest BCUT2D eigenvalue weighted by molar-refractivity contribution is 0.685. The number of nitrogens with zero attached hydrogens (tertiary/aromatic N) is 4. The standard InChI is InChI=1S/C21H26N6.HI/c1-15-12-16(2)27(26-15)20-11-10-18(13-23-20)14-24-21(22-4)25-17(3)19-8-6-5-7-9-19;/h5-13,17H,14H2,1-4H3,(H2,22,24,25);1H. The molecule has 7 heteroatoms. The molecule has 148 valence electrons. The number of pyridine rings is 1. The zero-order valence-electron chi connectivity index (χ0n) is 16.7. The zero-order chi connectivity index (χ0) is 19.2. The Morgan fingerprint density at radius 1 is 1.14 bits per heavy atom. The minimum atomic E-state index is 0. The van der Waals surface area contributed by atoms with Gasteiger partial charge in [-0.1, -0.05) is 36.4 Å². The second-order valence-electron chi connectivity index (χ2n) is 6.57. The molecule has 0 aliphatic carbocycles. The van der Waals surface area contributed by atoms with Crippen molar-refractivity contribution in [2.24, 2.45) is 4.99 Å². The summed E-state index contributed by atoms with van der Waals surface area (Å²) in [4.78, 5) is 8.84. The van der Waals surface area contributed by atoms with E-state index in [2.05, 4.69) is 50.8 Å². The van der Waals surface area contributed by atoms with E-state index in [1.165, 1.54) is 5.56 Å². The molecule has 0 saturated carbocycles. The predicted molar refractivity (Wildman–Crippen MR) is 124 cm³/mol. The molecule has 2 N–H and O–H groups in total. The third-order valence-corrected chi connectivity index (χ3v) is 4.37. The van der Waals surface area contributed by atoms with Gasteiger partial charge in [-0.2, -0.15) is 5.10 Å². The number of guanidine groups is 1. The summed E-state index contributed by atoms with van der Waals surface area (Å²) in [5.41, 5.74) is 4.36. The minimum Gasteiger partial charge on any atom is -0.352 e. The van der Waals surface area contributed by atoms with Gasteiger partial charge in [0.1, 0.15) is 0 Å². The molecule has 3 rings (SSSR count). The number of halogens is 1. The van der Waals surface area contributed by atoms with E-state index in [0.29, 0.717) is 6.54 Å². The highest BCUT2D eigenvalue weighted by Gasteiger charge is 2.08. The molecule has 1 atom stereocenters. The molecule has 2 aromatic heterocycles. The van der Waals surface area contributed by atoms with E-state index < -0.39 is 0 Å². The van der Waals surface area contributed by atoms with Crippen molar-refractivity contribution in [2.75, 3.05) is 7.05 Å². The van der Waals surface area contributed by atoms with E-state index in [0.717, 1.165) is 28.7 Å². The van der Waals surface area contributed by atoms with Gasteiger partial charge < -0.3 is 10.6 Å². The lowest BCUT2D eigenvalue weighted by atomic mass is 10.1. The number of aliphatic imine (C=N–C) groups is 1. The molecule has 0 aliphatic rings. The SMILES string of the molecule is CN=C(NCc1ccc(-n2nc(C)cc2C)nc1)NC(C)c1ccccc1.I. The molecule has 1 unspecified atom stereocenters. The van der Waals surface area contributed by atoms with E-state index in [1.54, 1.807) is 7.05 Å². The van der Waals surface area contributed by atoms with E-state index >= 15 is 0 Å². The number of aromatic nitrogens is 3. The Morgan fingerprint density at radius 3 is 2.46 bits per heavy atom. The first kappa shape index (κ1) is 21.9. The summed E-state index contributed by atoms with van der Waals surface area (Å²) in [6.45, 7) is 6.77. The summed E-state index contributed by atoms with van der Waals surface area (Å²) in [6, 6.07) is 16.6. The molecule has 6 nitrogen and oxygen atoms in total. The number of benzene rings is 1. The van der Waals surface area contributed by atoms with Crippen LogP contribution in [0.5, 0.6) is 0 Å². The first-order chi connectivity index (χ1) is 13.1. The Balaban J connectivity index is 0.00000280. The average molecular weight is 490 g/mol. The molecule has 0 bridgehead atoms.